The number of thiophene rings is 1. The van der Waals surface area contributed by atoms with Crippen LogP contribution in [0.3, 0.4) is 0 Å². The number of ether oxygens (including phenoxy) is 1. The summed E-state index contributed by atoms with van der Waals surface area (Å²) in [5.74, 6) is 0.949. The minimum Gasteiger partial charge on any atom is -0.494 e. The Kier molecular flexibility index (Phi) is 7.12. The van der Waals surface area contributed by atoms with Crippen molar-refractivity contribution in [2.45, 2.75) is 26.3 Å². The number of unbranched alkanes of at least 4 members (excludes halogenated alkanes) is 1. The molecule has 0 aliphatic heterocycles. The first-order valence-electron chi connectivity index (χ1n) is 7.58. The first kappa shape index (κ1) is 15.9. The van der Waals surface area contributed by atoms with Gasteiger partial charge in [-0.2, -0.15) is 0 Å². The lowest BCUT2D eigenvalue weighted by molar-refractivity contribution is 0.309. The molecule has 0 radical (unpaired) electrons. The van der Waals surface area contributed by atoms with Crippen LogP contribution in [0.25, 0.3) is 0 Å². The third-order valence-electron chi connectivity index (χ3n) is 3.13. The number of hydrogen-bond donors (Lipinski definition) is 2. The number of benzene rings is 1. The van der Waals surface area contributed by atoms with Crippen molar-refractivity contribution in [1.82, 2.24) is 5.32 Å². The van der Waals surface area contributed by atoms with E-state index in [2.05, 4.69) is 47.2 Å². The Labute approximate surface area is 131 Å². The Morgan fingerprint density at radius 1 is 1.10 bits per heavy atom. The van der Waals surface area contributed by atoms with Gasteiger partial charge in [0, 0.05) is 30.2 Å². The fraction of sp³-hybridized carbons (Fsp3) is 0.412. The summed E-state index contributed by atoms with van der Waals surface area (Å²) in [4.78, 5) is 1.38. The van der Waals surface area contributed by atoms with Gasteiger partial charge >= 0.3 is 0 Å². The highest BCUT2D eigenvalue weighted by molar-refractivity contribution is 7.09. The van der Waals surface area contributed by atoms with Crippen LogP contribution in [0.15, 0.2) is 41.8 Å². The van der Waals surface area contributed by atoms with Crippen LogP contribution < -0.4 is 15.4 Å². The maximum absolute atomic E-state index is 5.65. The monoisotopic (exact) mass is 304 g/mol. The minimum absolute atomic E-state index is 0.802. The number of nitrogens with one attached hydrogen (secondary N) is 2. The highest BCUT2D eigenvalue weighted by Crippen LogP contribution is 2.15. The van der Waals surface area contributed by atoms with Crippen LogP contribution in [0.2, 0.25) is 0 Å². The van der Waals surface area contributed by atoms with Crippen molar-refractivity contribution < 1.29 is 4.74 Å². The zero-order chi connectivity index (χ0) is 14.8. The molecule has 2 N–H and O–H groups in total. The molecule has 0 atom stereocenters. The van der Waals surface area contributed by atoms with E-state index in [1.54, 1.807) is 11.3 Å². The summed E-state index contributed by atoms with van der Waals surface area (Å²) < 4.78 is 5.65. The Hall–Kier alpha value is -1.52. The molecule has 0 bridgehead atoms. The third-order valence-corrected chi connectivity index (χ3v) is 4.01. The molecule has 0 aliphatic carbocycles. The smallest absolute Gasteiger partial charge is 0.119 e. The van der Waals surface area contributed by atoms with Crippen LogP contribution in [0, 0.1) is 0 Å². The van der Waals surface area contributed by atoms with Gasteiger partial charge in [-0.1, -0.05) is 19.4 Å². The molecule has 0 saturated carbocycles. The second kappa shape index (κ2) is 9.42. The van der Waals surface area contributed by atoms with Crippen LogP contribution in [0.4, 0.5) is 5.69 Å². The molecule has 3 nitrogen and oxygen atoms in total. The molecule has 2 rings (SSSR count). The molecule has 2 aromatic rings. The fourth-order valence-electron chi connectivity index (χ4n) is 1.92. The quantitative estimate of drug-likeness (QED) is 0.648. The Balaban J connectivity index is 1.59. The van der Waals surface area contributed by atoms with Crippen molar-refractivity contribution in [3.63, 3.8) is 0 Å². The molecule has 0 spiro atoms. The Morgan fingerprint density at radius 3 is 2.67 bits per heavy atom. The van der Waals surface area contributed by atoms with E-state index >= 15 is 0 Å². The summed E-state index contributed by atoms with van der Waals surface area (Å²) in [7, 11) is 0. The summed E-state index contributed by atoms with van der Waals surface area (Å²) >= 11 is 1.79. The van der Waals surface area contributed by atoms with Crippen LogP contribution >= 0.6 is 11.3 Å². The van der Waals surface area contributed by atoms with Crippen molar-refractivity contribution in [3.05, 3.63) is 46.7 Å². The molecule has 0 saturated heterocycles. The number of hydrogen-bond acceptors (Lipinski definition) is 4. The third kappa shape index (κ3) is 6.19. The summed E-state index contributed by atoms with van der Waals surface area (Å²) in [5, 5.41) is 8.94. The van der Waals surface area contributed by atoms with Gasteiger partial charge in [0.05, 0.1) is 6.61 Å². The van der Waals surface area contributed by atoms with Gasteiger partial charge in [0.15, 0.2) is 0 Å². The highest BCUT2D eigenvalue weighted by atomic mass is 32.1. The zero-order valence-electron chi connectivity index (χ0n) is 12.6. The van der Waals surface area contributed by atoms with Gasteiger partial charge in [0.1, 0.15) is 5.75 Å². The van der Waals surface area contributed by atoms with E-state index in [1.165, 1.54) is 4.88 Å². The number of rotatable bonds is 10. The predicted molar refractivity (Wildman–Crippen MR) is 91.4 cm³/mol. The van der Waals surface area contributed by atoms with Gasteiger partial charge in [-0.15, -0.1) is 11.3 Å². The van der Waals surface area contributed by atoms with Crippen LogP contribution in [0.1, 0.15) is 24.6 Å². The maximum atomic E-state index is 5.65. The summed E-state index contributed by atoms with van der Waals surface area (Å²) in [5.41, 5.74) is 1.13. The van der Waals surface area contributed by atoms with Crippen molar-refractivity contribution in [3.8, 4) is 5.75 Å². The topological polar surface area (TPSA) is 33.3 Å². The molecule has 21 heavy (non-hydrogen) atoms. The summed E-state index contributed by atoms with van der Waals surface area (Å²) in [6.07, 6.45) is 2.27. The van der Waals surface area contributed by atoms with Gasteiger partial charge in [0.25, 0.3) is 0 Å². The van der Waals surface area contributed by atoms with Gasteiger partial charge < -0.3 is 15.4 Å². The number of anilines is 1. The van der Waals surface area contributed by atoms with E-state index in [4.69, 9.17) is 4.74 Å². The molecule has 1 aromatic carbocycles. The average molecular weight is 304 g/mol. The molecule has 0 amide bonds. The van der Waals surface area contributed by atoms with Gasteiger partial charge in [-0.25, -0.2) is 0 Å². The normalized spacial score (nSPS) is 10.5. The molecule has 0 aliphatic rings. The fourth-order valence-corrected chi connectivity index (χ4v) is 2.60. The SMILES string of the molecule is CCCCOc1ccc(NCCNCc2cccs2)cc1. The van der Waals surface area contributed by atoms with E-state index in [0.29, 0.717) is 0 Å². The van der Waals surface area contributed by atoms with Crippen LogP contribution in [0.5, 0.6) is 5.75 Å². The molecule has 4 heteroatoms. The van der Waals surface area contributed by atoms with Crippen molar-refractivity contribution in [2.24, 2.45) is 0 Å². The lowest BCUT2D eigenvalue weighted by Crippen LogP contribution is -2.21. The molecule has 0 fully saturated rings. The Bertz CT molecular complexity index is 482. The first-order valence-corrected chi connectivity index (χ1v) is 8.46. The summed E-state index contributed by atoms with van der Waals surface area (Å²) in [6, 6.07) is 12.4. The second-order valence-electron chi connectivity index (χ2n) is 4.91. The van der Waals surface area contributed by atoms with Crippen LogP contribution in [-0.2, 0) is 6.54 Å². The predicted octanol–water partition coefficient (Wildman–Crippen LogP) is 4.13. The van der Waals surface area contributed by atoms with Crippen molar-refractivity contribution >= 4 is 17.0 Å². The largest absolute Gasteiger partial charge is 0.494 e. The lowest BCUT2D eigenvalue weighted by atomic mass is 10.3. The lowest BCUT2D eigenvalue weighted by Gasteiger charge is -2.09. The standard InChI is InChI=1S/C17H24N2OS/c1-2-3-12-20-16-8-6-15(7-9-16)19-11-10-18-14-17-5-4-13-21-17/h4-9,13,18-19H,2-3,10-12,14H2,1H3. The molecule has 0 unspecified atom stereocenters. The van der Waals surface area contributed by atoms with Gasteiger partial charge in [-0.05, 0) is 42.1 Å². The molecular formula is C17H24N2OS. The van der Waals surface area contributed by atoms with Gasteiger partial charge in [0.2, 0.25) is 0 Å². The highest BCUT2D eigenvalue weighted by Gasteiger charge is 1.96. The average Bonchev–Trinajstić information content (AvgIpc) is 3.02. The van der Waals surface area contributed by atoms with Crippen molar-refractivity contribution in [1.29, 1.82) is 0 Å². The second-order valence-corrected chi connectivity index (χ2v) is 5.94. The van der Waals surface area contributed by atoms with E-state index < -0.39 is 0 Å². The van der Waals surface area contributed by atoms with E-state index in [1.807, 2.05) is 12.1 Å². The first-order chi connectivity index (χ1) is 10.4. The molecule has 114 valence electrons. The van der Waals surface area contributed by atoms with E-state index in [9.17, 15) is 0 Å². The van der Waals surface area contributed by atoms with Gasteiger partial charge in [-0.3, -0.25) is 0 Å². The molecule has 1 aromatic heterocycles. The Morgan fingerprint density at radius 2 is 1.95 bits per heavy atom. The van der Waals surface area contributed by atoms with E-state index in [0.717, 1.165) is 50.5 Å². The van der Waals surface area contributed by atoms with E-state index in [-0.39, 0.29) is 0 Å². The molecule has 1 heterocycles. The minimum atomic E-state index is 0.802. The van der Waals surface area contributed by atoms with Crippen LogP contribution in [-0.4, -0.2) is 19.7 Å². The molecular weight excluding hydrogens is 280 g/mol. The zero-order valence-corrected chi connectivity index (χ0v) is 13.4. The summed E-state index contributed by atoms with van der Waals surface area (Å²) in [6.45, 7) is 5.79. The maximum Gasteiger partial charge on any atom is 0.119 e. The van der Waals surface area contributed by atoms with Crippen molar-refractivity contribution in [2.75, 3.05) is 25.0 Å².